The summed E-state index contributed by atoms with van der Waals surface area (Å²) in [7, 11) is 0. The van der Waals surface area contributed by atoms with Crippen LogP contribution in [0.15, 0.2) is 18.3 Å². The van der Waals surface area contributed by atoms with Crippen LogP contribution >= 0.6 is 0 Å². The van der Waals surface area contributed by atoms with E-state index < -0.39 is 0 Å². The molecule has 0 aliphatic carbocycles. The van der Waals surface area contributed by atoms with Crippen molar-refractivity contribution >= 4 is 11.8 Å². The first-order valence-corrected chi connectivity index (χ1v) is 8.36. The monoisotopic (exact) mass is 329 g/mol. The Bertz CT molecular complexity index is 728. The van der Waals surface area contributed by atoms with Crippen LogP contribution in [0.3, 0.4) is 0 Å². The van der Waals surface area contributed by atoms with Crippen LogP contribution in [0.4, 0.5) is 5.82 Å². The third-order valence-corrected chi connectivity index (χ3v) is 4.19. The lowest BCUT2D eigenvalue weighted by molar-refractivity contribution is -0.148. The van der Waals surface area contributed by atoms with Crippen LogP contribution in [-0.2, 0) is 9.53 Å². The number of aryl methyl sites for hydroxylation is 2. The molecule has 0 bridgehead atoms. The molecule has 2 aromatic rings. The predicted octanol–water partition coefficient (Wildman–Crippen LogP) is 2.06. The van der Waals surface area contributed by atoms with E-state index in [2.05, 4.69) is 20.0 Å². The molecule has 1 atom stereocenters. The predicted molar refractivity (Wildman–Crippen MR) is 90.2 cm³/mol. The Morgan fingerprint density at radius 3 is 2.96 bits per heavy atom. The highest BCUT2D eigenvalue weighted by Crippen LogP contribution is 2.23. The summed E-state index contributed by atoms with van der Waals surface area (Å²) < 4.78 is 6.91. The van der Waals surface area contributed by atoms with Crippen molar-refractivity contribution in [3.8, 4) is 5.95 Å². The minimum absolute atomic E-state index is 0.0919. The van der Waals surface area contributed by atoms with E-state index in [4.69, 9.17) is 4.74 Å². The van der Waals surface area contributed by atoms with Crippen LogP contribution < -0.4 is 4.90 Å². The van der Waals surface area contributed by atoms with Gasteiger partial charge in [-0.3, -0.25) is 4.79 Å². The lowest BCUT2D eigenvalue weighted by Gasteiger charge is -2.32. The molecular formula is C17H23N5O2. The first-order valence-electron chi connectivity index (χ1n) is 8.36. The van der Waals surface area contributed by atoms with Gasteiger partial charge in [-0.05, 0) is 45.7 Å². The number of rotatable bonds is 4. The van der Waals surface area contributed by atoms with E-state index in [9.17, 15) is 4.79 Å². The summed E-state index contributed by atoms with van der Waals surface area (Å²) in [4.78, 5) is 23.1. The molecule has 128 valence electrons. The zero-order chi connectivity index (χ0) is 17.1. The molecule has 0 radical (unpaired) electrons. The summed E-state index contributed by atoms with van der Waals surface area (Å²) in [6.45, 7) is 7.69. The molecule has 0 N–H and O–H groups in total. The van der Waals surface area contributed by atoms with Crippen molar-refractivity contribution in [3.05, 3.63) is 29.7 Å². The van der Waals surface area contributed by atoms with E-state index in [-0.39, 0.29) is 11.9 Å². The lowest BCUT2D eigenvalue weighted by Crippen LogP contribution is -2.40. The summed E-state index contributed by atoms with van der Waals surface area (Å²) in [5.74, 6) is 1.17. The summed E-state index contributed by atoms with van der Waals surface area (Å²) in [6, 6.07) is 3.87. The Balaban J connectivity index is 1.81. The molecular weight excluding hydrogens is 306 g/mol. The van der Waals surface area contributed by atoms with Crippen molar-refractivity contribution in [3.63, 3.8) is 0 Å². The van der Waals surface area contributed by atoms with E-state index in [1.54, 1.807) is 10.9 Å². The molecule has 1 aliphatic heterocycles. The molecule has 0 aromatic carbocycles. The molecule has 0 spiro atoms. The van der Waals surface area contributed by atoms with Gasteiger partial charge >= 0.3 is 5.97 Å². The average molecular weight is 329 g/mol. The molecule has 7 heteroatoms. The molecule has 1 fully saturated rings. The maximum atomic E-state index is 12.0. The quantitative estimate of drug-likeness (QED) is 0.800. The molecule has 2 aromatic heterocycles. The van der Waals surface area contributed by atoms with Gasteiger partial charge in [0.1, 0.15) is 5.82 Å². The minimum atomic E-state index is -0.116. The number of esters is 1. The summed E-state index contributed by atoms with van der Waals surface area (Å²) in [5.41, 5.74) is 1.93. The first-order chi connectivity index (χ1) is 11.6. The Hall–Kier alpha value is -2.44. The number of anilines is 1. The van der Waals surface area contributed by atoms with Crippen molar-refractivity contribution < 1.29 is 9.53 Å². The molecule has 1 unspecified atom stereocenters. The fourth-order valence-electron chi connectivity index (χ4n) is 3.09. The Kier molecular flexibility index (Phi) is 4.78. The number of nitrogens with zero attached hydrogens (tertiary/aromatic N) is 5. The van der Waals surface area contributed by atoms with Gasteiger partial charge in [-0.15, -0.1) is 0 Å². The first kappa shape index (κ1) is 16.4. The van der Waals surface area contributed by atoms with E-state index in [0.29, 0.717) is 19.1 Å². The van der Waals surface area contributed by atoms with Crippen molar-refractivity contribution in [2.45, 2.75) is 33.6 Å². The van der Waals surface area contributed by atoms with E-state index >= 15 is 0 Å². The van der Waals surface area contributed by atoms with Crippen molar-refractivity contribution in [1.29, 1.82) is 0 Å². The van der Waals surface area contributed by atoms with Gasteiger partial charge in [0.05, 0.1) is 18.2 Å². The van der Waals surface area contributed by atoms with Crippen LogP contribution in [0, 0.1) is 19.8 Å². The SMILES string of the molecule is CCOC(=O)C1CCCN(c2ccnc(-n3nc(C)cc3C)n2)C1. The number of ether oxygens (including phenoxy) is 1. The molecule has 3 rings (SSSR count). The van der Waals surface area contributed by atoms with Gasteiger partial charge in [0, 0.05) is 25.0 Å². The Morgan fingerprint density at radius 2 is 2.25 bits per heavy atom. The third kappa shape index (κ3) is 3.39. The van der Waals surface area contributed by atoms with Crippen LogP contribution in [0.2, 0.25) is 0 Å². The van der Waals surface area contributed by atoms with Crippen molar-refractivity contribution in [2.24, 2.45) is 5.92 Å². The van der Waals surface area contributed by atoms with Crippen LogP contribution in [0.1, 0.15) is 31.2 Å². The highest BCUT2D eigenvalue weighted by molar-refractivity contribution is 5.73. The maximum absolute atomic E-state index is 12.0. The Morgan fingerprint density at radius 1 is 1.42 bits per heavy atom. The molecule has 0 amide bonds. The molecule has 3 heterocycles. The summed E-state index contributed by atoms with van der Waals surface area (Å²) in [5, 5.41) is 4.43. The Labute approximate surface area is 141 Å². The van der Waals surface area contributed by atoms with Gasteiger partial charge in [0.25, 0.3) is 5.95 Å². The van der Waals surface area contributed by atoms with Gasteiger partial charge in [-0.2, -0.15) is 10.1 Å². The number of hydrogen-bond acceptors (Lipinski definition) is 6. The number of carbonyl (C=O) groups excluding carboxylic acids is 1. The van der Waals surface area contributed by atoms with Crippen LogP contribution in [0.5, 0.6) is 0 Å². The van der Waals surface area contributed by atoms with Gasteiger partial charge in [-0.25, -0.2) is 9.67 Å². The summed E-state index contributed by atoms with van der Waals surface area (Å²) in [6.07, 6.45) is 3.55. The van der Waals surface area contributed by atoms with Crippen molar-refractivity contribution in [2.75, 3.05) is 24.6 Å². The minimum Gasteiger partial charge on any atom is -0.466 e. The second kappa shape index (κ2) is 6.98. The number of carbonyl (C=O) groups is 1. The fraction of sp³-hybridized carbons (Fsp3) is 0.529. The highest BCUT2D eigenvalue weighted by Gasteiger charge is 2.27. The molecule has 1 aliphatic rings. The zero-order valence-electron chi connectivity index (χ0n) is 14.4. The van der Waals surface area contributed by atoms with Crippen molar-refractivity contribution in [1.82, 2.24) is 19.7 Å². The molecule has 0 saturated carbocycles. The topological polar surface area (TPSA) is 73.1 Å². The molecule has 7 nitrogen and oxygen atoms in total. The third-order valence-electron chi connectivity index (χ3n) is 4.19. The second-order valence-corrected chi connectivity index (χ2v) is 6.09. The average Bonchev–Trinajstić information content (AvgIpc) is 2.94. The zero-order valence-corrected chi connectivity index (χ0v) is 14.4. The largest absolute Gasteiger partial charge is 0.466 e. The number of hydrogen-bond donors (Lipinski definition) is 0. The van der Waals surface area contributed by atoms with Gasteiger partial charge < -0.3 is 9.64 Å². The number of aromatic nitrogens is 4. The van der Waals surface area contributed by atoms with Crippen LogP contribution in [-0.4, -0.2) is 45.4 Å². The van der Waals surface area contributed by atoms with Gasteiger partial charge in [0.15, 0.2) is 0 Å². The van der Waals surface area contributed by atoms with E-state index in [0.717, 1.165) is 36.6 Å². The highest BCUT2D eigenvalue weighted by atomic mass is 16.5. The number of piperidine rings is 1. The molecule has 1 saturated heterocycles. The van der Waals surface area contributed by atoms with Crippen LogP contribution in [0.25, 0.3) is 5.95 Å². The standard InChI is InChI=1S/C17H23N5O2/c1-4-24-16(23)14-6-5-9-21(11-14)15-7-8-18-17(19-15)22-13(3)10-12(2)20-22/h7-8,10,14H,4-6,9,11H2,1-3H3. The smallest absolute Gasteiger partial charge is 0.310 e. The summed E-state index contributed by atoms with van der Waals surface area (Å²) >= 11 is 0. The lowest BCUT2D eigenvalue weighted by atomic mass is 9.98. The van der Waals surface area contributed by atoms with Gasteiger partial charge in [-0.1, -0.05) is 0 Å². The van der Waals surface area contributed by atoms with Gasteiger partial charge in [0.2, 0.25) is 0 Å². The fourth-order valence-corrected chi connectivity index (χ4v) is 3.09. The van der Waals surface area contributed by atoms with E-state index in [1.807, 2.05) is 32.9 Å². The maximum Gasteiger partial charge on any atom is 0.310 e. The van der Waals surface area contributed by atoms with E-state index in [1.165, 1.54) is 0 Å². The second-order valence-electron chi connectivity index (χ2n) is 6.09. The molecule has 24 heavy (non-hydrogen) atoms. The normalized spacial score (nSPS) is 17.8.